The number of hydrogen-bond donors (Lipinski definition) is 3. The molecule has 2 aromatic rings. The van der Waals surface area contributed by atoms with Crippen molar-refractivity contribution in [3.05, 3.63) is 11.6 Å². The van der Waals surface area contributed by atoms with Crippen molar-refractivity contribution in [3.8, 4) is 0 Å². The van der Waals surface area contributed by atoms with Gasteiger partial charge in [0.2, 0.25) is 11.2 Å². The summed E-state index contributed by atoms with van der Waals surface area (Å²) in [6, 6.07) is -0.592. The molecule has 0 bridgehead atoms. The first kappa shape index (κ1) is 21.2. The SMILES string of the molecule is COCCN(CCOC)C(=O)[C@]12C[C@H]1[C@H](n1cnc3c(N)nc(Cl)nc31)[C@@H](O)[C@H]2O. The number of imidazole rings is 1. The molecule has 0 saturated heterocycles. The van der Waals surface area contributed by atoms with E-state index in [9.17, 15) is 15.0 Å². The zero-order valence-electron chi connectivity index (χ0n) is 16.7. The molecule has 164 valence electrons. The third-order valence-electron chi connectivity index (χ3n) is 6.23. The molecule has 0 unspecified atom stereocenters. The topological polar surface area (TPSA) is 149 Å². The predicted molar refractivity (Wildman–Crippen MR) is 107 cm³/mol. The van der Waals surface area contributed by atoms with Crippen LogP contribution in [0.15, 0.2) is 6.33 Å². The second-order valence-corrected chi connectivity index (χ2v) is 8.09. The minimum absolute atomic E-state index is 0.0433. The van der Waals surface area contributed by atoms with Crippen molar-refractivity contribution in [1.29, 1.82) is 0 Å². The summed E-state index contributed by atoms with van der Waals surface area (Å²) in [6.45, 7) is 1.46. The number of amides is 1. The molecule has 0 spiro atoms. The van der Waals surface area contributed by atoms with Gasteiger partial charge in [0.25, 0.3) is 0 Å². The number of aliphatic hydroxyl groups excluding tert-OH is 2. The van der Waals surface area contributed by atoms with Gasteiger partial charge < -0.3 is 34.9 Å². The van der Waals surface area contributed by atoms with Crippen LogP contribution in [0, 0.1) is 11.3 Å². The maximum atomic E-state index is 13.4. The molecule has 0 radical (unpaired) electrons. The fourth-order valence-electron chi connectivity index (χ4n) is 4.67. The molecule has 4 N–H and O–H groups in total. The Labute approximate surface area is 177 Å². The quantitative estimate of drug-likeness (QED) is 0.460. The van der Waals surface area contributed by atoms with Crippen molar-refractivity contribution in [2.24, 2.45) is 11.3 Å². The zero-order chi connectivity index (χ0) is 21.6. The molecule has 11 nitrogen and oxygen atoms in total. The molecule has 0 aromatic carbocycles. The van der Waals surface area contributed by atoms with Crippen LogP contribution in [0.5, 0.6) is 0 Å². The van der Waals surface area contributed by atoms with Gasteiger partial charge in [-0.25, -0.2) is 4.98 Å². The van der Waals surface area contributed by atoms with Gasteiger partial charge in [-0.2, -0.15) is 9.97 Å². The fourth-order valence-corrected chi connectivity index (χ4v) is 4.84. The van der Waals surface area contributed by atoms with Gasteiger partial charge in [0.05, 0.1) is 37.1 Å². The lowest BCUT2D eigenvalue weighted by atomic mass is 9.97. The van der Waals surface area contributed by atoms with Gasteiger partial charge in [-0.1, -0.05) is 0 Å². The molecule has 2 aliphatic carbocycles. The highest BCUT2D eigenvalue weighted by Gasteiger charge is 2.76. The highest BCUT2D eigenvalue weighted by Crippen LogP contribution is 2.68. The molecule has 4 rings (SSSR count). The number of anilines is 1. The highest BCUT2D eigenvalue weighted by molar-refractivity contribution is 6.28. The summed E-state index contributed by atoms with van der Waals surface area (Å²) in [7, 11) is 3.12. The summed E-state index contributed by atoms with van der Waals surface area (Å²) < 4.78 is 11.9. The van der Waals surface area contributed by atoms with E-state index in [2.05, 4.69) is 15.0 Å². The monoisotopic (exact) mass is 440 g/mol. The maximum Gasteiger partial charge on any atom is 0.232 e. The molecule has 12 heteroatoms. The molecule has 2 fully saturated rings. The average molecular weight is 441 g/mol. The van der Waals surface area contributed by atoms with Crippen LogP contribution in [0.4, 0.5) is 5.82 Å². The van der Waals surface area contributed by atoms with Crippen molar-refractivity contribution in [2.45, 2.75) is 24.7 Å². The Bertz CT molecular complexity index is 949. The number of hydrogen-bond acceptors (Lipinski definition) is 9. The van der Waals surface area contributed by atoms with Crippen molar-refractivity contribution < 1.29 is 24.5 Å². The van der Waals surface area contributed by atoms with E-state index < -0.39 is 23.7 Å². The summed E-state index contributed by atoms with van der Waals surface area (Å²) in [6.07, 6.45) is -0.468. The number of ether oxygens (including phenoxy) is 2. The van der Waals surface area contributed by atoms with Gasteiger partial charge in [-0.05, 0) is 18.0 Å². The van der Waals surface area contributed by atoms with Crippen LogP contribution >= 0.6 is 11.6 Å². The normalized spacial score (nSPS) is 29.9. The van der Waals surface area contributed by atoms with Crippen LogP contribution in [-0.2, 0) is 14.3 Å². The summed E-state index contributed by atoms with van der Waals surface area (Å²) >= 11 is 5.95. The number of halogens is 1. The standard InChI is InChI=1S/C18H25ClN6O5/c1-29-5-3-24(4-6-30-2)16(28)18-7-9(18)11(12(26)13(18)27)25-8-21-10-14(20)22-17(19)23-15(10)25/h8-9,11-13,26-27H,3-7H2,1-2H3,(H2,20,22,23)/t9-,11-,12+,13+,18+/m0/s1. The minimum atomic E-state index is -1.22. The van der Waals surface area contributed by atoms with E-state index in [1.54, 1.807) is 23.7 Å². The average Bonchev–Trinajstić information content (AvgIpc) is 3.25. The molecule has 0 aliphatic heterocycles. The number of aromatic nitrogens is 4. The van der Waals surface area contributed by atoms with E-state index in [-0.39, 0.29) is 22.9 Å². The largest absolute Gasteiger partial charge is 0.389 e. The van der Waals surface area contributed by atoms with Crippen molar-refractivity contribution in [2.75, 3.05) is 46.3 Å². The Morgan fingerprint density at radius 1 is 1.33 bits per heavy atom. The van der Waals surface area contributed by atoms with Gasteiger partial charge in [-0.15, -0.1) is 0 Å². The predicted octanol–water partition coefficient (Wildman–Crippen LogP) is -0.534. The first-order chi connectivity index (χ1) is 14.4. The Balaban J connectivity index is 1.65. The summed E-state index contributed by atoms with van der Waals surface area (Å²) in [5, 5.41) is 21.7. The van der Waals surface area contributed by atoms with Gasteiger partial charge in [0, 0.05) is 33.2 Å². The molecule has 2 aliphatic rings. The molecule has 1 amide bonds. The molecule has 5 atom stereocenters. The molecular formula is C18H25ClN6O5. The van der Waals surface area contributed by atoms with Crippen LogP contribution in [-0.4, -0.2) is 93.3 Å². The second kappa shape index (κ2) is 7.89. The smallest absolute Gasteiger partial charge is 0.232 e. The van der Waals surface area contributed by atoms with Crippen LogP contribution in [0.1, 0.15) is 12.5 Å². The van der Waals surface area contributed by atoms with Crippen molar-refractivity contribution >= 4 is 34.5 Å². The third kappa shape index (κ3) is 3.12. The van der Waals surface area contributed by atoms with Crippen molar-refractivity contribution in [3.63, 3.8) is 0 Å². The molecule has 2 saturated carbocycles. The van der Waals surface area contributed by atoms with Gasteiger partial charge in [-0.3, -0.25) is 4.79 Å². The lowest BCUT2D eigenvalue weighted by molar-refractivity contribution is -0.144. The number of nitrogen functional groups attached to an aromatic ring is 1. The fraction of sp³-hybridized carbons (Fsp3) is 0.667. The van der Waals surface area contributed by atoms with E-state index >= 15 is 0 Å². The number of fused-ring (bicyclic) bond motifs is 2. The Kier molecular flexibility index (Phi) is 5.58. The first-order valence-corrected chi connectivity index (χ1v) is 10.0. The molecular weight excluding hydrogens is 416 g/mol. The Hall–Kier alpha value is -2.05. The third-order valence-corrected chi connectivity index (χ3v) is 6.40. The molecule has 2 heterocycles. The maximum absolute atomic E-state index is 13.4. The van der Waals surface area contributed by atoms with E-state index in [1.807, 2.05) is 0 Å². The number of aliphatic hydroxyl groups is 2. The Morgan fingerprint density at radius 3 is 2.63 bits per heavy atom. The number of methoxy groups -OCH3 is 2. The minimum Gasteiger partial charge on any atom is -0.389 e. The summed E-state index contributed by atoms with van der Waals surface area (Å²) in [5.41, 5.74) is 5.52. The Morgan fingerprint density at radius 2 is 2.00 bits per heavy atom. The van der Waals surface area contributed by atoms with E-state index in [4.69, 9.17) is 26.8 Å². The number of nitrogens with zero attached hydrogens (tertiary/aromatic N) is 5. The zero-order valence-corrected chi connectivity index (χ0v) is 17.5. The molecule has 2 aromatic heterocycles. The van der Waals surface area contributed by atoms with Crippen molar-refractivity contribution in [1.82, 2.24) is 24.4 Å². The number of carbonyl (C=O) groups is 1. The first-order valence-electron chi connectivity index (χ1n) is 9.65. The van der Waals surface area contributed by atoms with E-state index in [1.165, 1.54) is 6.33 Å². The van der Waals surface area contributed by atoms with Crippen LogP contribution in [0.3, 0.4) is 0 Å². The number of nitrogens with two attached hydrogens (primary N) is 1. The lowest BCUT2D eigenvalue weighted by Crippen LogP contribution is -2.47. The summed E-state index contributed by atoms with van der Waals surface area (Å²) in [4.78, 5) is 27.3. The molecule has 30 heavy (non-hydrogen) atoms. The summed E-state index contributed by atoms with van der Waals surface area (Å²) in [5.74, 6) is -0.373. The van der Waals surface area contributed by atoms with E-state index in [0.717, 1.165) is 0 Å². The number of rotatable bonds is 8. The van der Waals surface area contributed by atoms with Crippen LogP contribution < -0.4 is 5.73 Å². The lowest BCUT2D eigenvalue weighted by Gasteiger charge is -2.29. The number of carbonyl (C=O) groups excluding carboxylic acids is 1. The second-order valence-electron chi connectivity index (χ2n) is 7.76. The van der Waals surface area contributed by atoms with Crippen LogP contribution in [0.25, 0.3) is 11.2 Å². The van der Waals surface area contributed by atoms with E-state index in [0.29, 0.717) is 43.9 Å². The van der Waals surface area contributed by atoms with Gasteiger partial charge in [0.1, 0.15) is 11.6 Å². The highest BCUT2D eigenvalue weighted by atomic mass is 35.5. The van der Waals surface area contributed by atoms with Crippen LogP contribution in [0.2, 0.25) is 5.28 Å². The van der Waals surface area contributed by atoms with Gasteiger partial charge in [0.15, 0.2) is 11.5 Å². The van der Waals surface area contributed by atoms with Gasteiger partial charge >= 0.3 is 0 Å².